The Morgan fingerprint density at radius 2 is 1.94 bits per heavy atom. The van der Waals surface area contributed by atoms with Crippen LogP contribution in [0.1, 0.15) is 32.1 Å². The second-order valence-corrected chi connectivity index (χ2v) is 3.94. The van der Waals surface area contributed by atoms with E-state index in [9.17, 15) is 0 Å². The lowest BCUT2D eigenvalue weighted by Gasteiger charge is -1.95. The molecule has 0 unspecified atom stereocenters. The maximum atomic E-state index is 5.71. The molecule has 2 aromatic rings. The molecule has 0 radical (unpaired) electrons. The molecule has 0 aliphatic rings. The van der Waals surface area contributed by atoms with Crippen LogP contribution in [0.4, 0.5) is 0 Å². The Labute approximate surface area is 96.3 Å². The fourth-order valence-electron chi connectivity index (χ4n) is 1.69. The van der Waals surface area contributed by atoms with Gasteiger partial charge in [0, 0.05) is 12.0 Å². The number of hydrogen-bond acceptors (Lipinski definition) is 2. The number of oxazole rings is 1. The molecule has 0 bridgehead atoms. The summed E-state index contributed by atoms with van der Waals surface area (Å²) in [6, 6.07) is 10.1. The summed E-state index contributed by atoms with van der Waals surface area (Å²) in [6.07, 6.45) is 6.39. The van der Waals surface area contributed by atoms with Crippen LogP contribution >= 0.6 is 0 Å². The van der Waals surface area contributed by atoms with Crippen LogP contribution in [0.3, 0.4) is 0 Å². The quantitative estimate of drug-likeness (QED) is 0.702. The highest BCUT2D eigenvalue weighted by Crippen LogP contribution is 2.20. The van der Waals surface area contributed by atoms with Gasteiger partial charge >= 0.3 is 0 Å². The zero-order chi connectivity index (χ0) is 11.2. The number of aromatic nitrogens is 1. The molecule has 1 heterocycles. The van der Waals surface area contributed by atoms with Crippen molar-refractivity contribution in [2.75, 3.05) is 0 Å². The molecule has 0 aliphatic carbocycles. The normalized spacial score (nSPS) is 10.6. The molecule has 2 rings (SSSR count). The Morgan fingerprint density at radius 1 is 1.12 bits per heavy atom. The number of rotatable bonds is 5. The van der Waals surface area contributed by atoms with Crippen LogP contribution in [0, 0.1) is 0 Å². The molecule has 0 spiro atoms. The SMILES string of the molecule is CCCCCc1ncc(-c2ccccc2)o1. The van der Waals surface area contributed by atoms with Crippen molar-refractivity contribution in [1.29, 1.82) is 0 Å². The Kier molecular flexibility index (Phi) is 3.76. The van der Waals surface area contributed by atoms with E-state index in [0.717, 1.165) is 30.1 Å². The Balaban J connectivity index is 2.02. The fraction of sp³-hybridized carbons (Fsp3) is 0.357. The summed E-state index contributed by atoms with van der Waals surface area (Å²) in [5.41, 5.74) is 1.09. The van der Waals surface area contributed by atoms with E-state index in [-0.39, 0.29) is 0 Å². The molecule has 1 aromatic carbocycles. The van der Waals surface area contributed by atoms with Crippen LogP contribution in [-0.4, -0.2) is 4.98 Å². The average Bonchev–Trinajstić information content (AvgIpc) is 2.79. The molecular formula is C14H17NO. The van der Waals surface area contributed by atoms with Gasteiger partial charge in [-0.3, -0.25) is 0 Å². The highest BCUT2D eigenvalue weighted by molar-refractivity contribution is 5.55. The van der Waals surface area contributed by atoms with E-state index in [1.165, 1.54) is 12.8 Å². The minimum Gasteiger partial charge on any atom is -0.441 e. The van der Waals surface area contributed by atoms with Crippen LogP contribution < -0.4 is 0 Å². The first kappa shape index (κ1) is 10.9. The minimum atomic E-state index is 0.854. The number of unbranched alkanes of at least 4 members (excludes halogenated alkanes) is 2. The Bertz CT molecular complexity index is 419. The van der Waals surface area contributed by atoms with Gasteiger partial charge in [-0.2, -0.15) is 0 Å². The molecule has 16 heavy (non-hydrogen) atoms. The molecule has 1 aromatic heterocycles. The predicted octanol–water partition coefficient (Wildman–Crippen LogP) is 4.07. The van der Waals surface area contributed by atoms with E-state index < -0.39 is 0 Å². The van der Waals surface area contributed by atoms with Gasteiger partial charge in [0.05, 0.1) is 6.20 Å². The zero-order valence-corrected chi connectivity index (χ0v) is 9.65. The third kappa shape index (κ3) is 2.72. The van der Waals surface area contributed by atoms with E-state index in [0.29, 0.717) is 0 Å². The monoisotopic (exact) mass is 215 g/mol. The summed E-state index contributed by atoms with van der Waals surface area (Å²) in [6.45, 7) is 2.20. The summed E-state index contributed by atoms with van der Waals surface area (Å²) in [5, 5.41) is 0. The third-order valence-electron chi connectivity index (χ3n) is 2.61. The van der Waals surface area contributed by atoms with Crippen LogP contribution in [0.25, 0.3) is 11.3 Å². The van der Waals surface area contributed by atoms with Gasteiger partial charge in [0.25, 0.3) is 0 Å². The summed E-state index contributed by atoms with van der Waals surface area (Å²) < 4.78 is 5.71. The Hall–Kier alpha value is -1.57. The summed E-state index contributed by atoms with van der Waals surface area (Å²) >= 11 is 0. The molecule has 0 atom stereocenters. The fourth-order valence-corrected chi connectivity index (χ4v) is 1.69. The van der Waals surface area contributed by atoms with E-state index in [1.54, 1.807) is 0 Å². The second-order valence-electron chi connectivity index (χ2n) is 3.94. The summed E-state index contributed by atoms with van der Waals surface area (Å²) in [7, 11) is 0. The van der Waals surface area contributed by atoms with Crippen LogP contribution in [-0.2, 0) is 6.42 Å². The molecular weight excluding hydrogens is 198 g/mol. The van der Waals surface area contributed by atoms with E-state index >= 15 is 0 Å². The van der Waals surface area contributed by atoms with Crippen LogP contribution in [0.5, 0.6) is 0 Å². The predicted molar refractivity (Wildman–Crippen MR) is 65.2 cm³/mol. The molecule has 0 amide bonds. The zero-order valence-electron chi connectivity index (χ0n) is 9.65. The highest BCUT2D eigenvalue weighted by atomic mass is 16.4. The molecule has 0 fully saturated rings. The van der Waals surface area contributed by atoms with Crippen molar-refractivity contribution in [2.45, 2.75) is 32.6 Å². The largest absolute Gasteiger partial charge is 0.441 e. The van der Waals surface area contributed by atoms with Crippen molar-refractivity contribution in [2.24, 2.45) is 0 Å². The van der Waals surface area contributed by atoms with Crippen molar-refractivity contribution in [3.63, 3.8) is 0 Å². The van der Waals surface area contributed by atoms with Crippen LogP contribution in [0.15, 0.2) is 40.9 Å². The third-order valence-corrected chi connectivity index (χ3v) is 2.61. The molecule has 2 heteroatoms. The first-order valence-electron chi connectivity index (χ1n) is 5.90. The van der Waals surface area contributed by atoms with Gasteiger partial charge in [0.15, 0.2) is 11.7 Å². The van der Waals surface area contributed by atoms with Crippen LogP contribution in [0.2, 0.25) is 0 Å². The standard InChI is InChI=1S/C14H17NO/c1-2-3-5-10-14-15-11-13(16-14)12-8-6-4-7-9-12/h4,6-9,11H,2-3,5,10H2,1H3. The molecule has 0 aliphatic heterocycles. The molecule has 0 saturated heterocycles. The lowest BCUT2D eigenvalue weighted by molar-refractivity contribution is 0.493. The van der Waals surface area contributed by atoms with E-state index in [1.807, 2.05) is 36.5 Å². The summed E-state index contributed by atoms with van der Waals surface area (Å²) in [4.78, 5) is 4.30. The number of benzene rings is 1. The molecule has 0 N–H and O–H groups in total. The lowest BCUT2D eigenvalue weighted by atomic mass is 10.2. The van der Waals surface area contributed by atoms with Gasteiger partial charge < -0.3 is 4.42 Å². The van der Waals surface area contributed by atoms with Gasteiger partial charge in [0.2, 0.25) is 0 Å². The first-order chi connectivity index (χ1) is 7.90. The van der Waals surface area contributed by atoms with Crippen molar-refractivity contribution >= 4 is 0 Å². The van der Waals surface area contributed by atoms with E-state index in [4.69, 9.17) is 4.42 Å². The van der Waals surface area contributed by atoms with Gasteiger partial charge in [0.1, 0.15) is 0 Å². The van der Waals surface area contributed by atoms with Gasteiger partial charge in [-0.25, -0.2) is 4.98 Å². The van der Waals surface area contributed by atoms with Crippen molar-refractivity contribution in [3.05, 3.63) is 42.4 Å². The number of aryl methyl sites for hydroxylation is 1. The highest BCUT2D eigenvalue weighted by Gasteiger charge is 2.04. The smallest absolute Gasteiger partial charge is 0.194 e. The number of nitrogens with zero attached hydrogens (tertiary/aromatic N) is 1. The molecule has 2 nitrogen and oxygen atoms in total. The lowest BCUT2D eigenvalue weighted by Crippen LogP contribution is -1.83. The second kappa shape index (κ2) is 5.50. The maximum Gasteiger partial charge on any atom is 0.194 e. The van der Waals surface area contributed by atoms with Crippen molar-refractivity contribution in [3.8, 4) is 11.3 Å². The maximum absolute atomic E-state index is 5.71. The minimum absolute atomic E-state index is 0.854. The van der Waals surface area contributed by atoms with Crippen molar-refractivity contribution < 1.29 is 4.42 Å². The van der Waals surface area contributed by atoms with Gasteiger partial charge in [-0.1, -0.05) is 50.1 Å². The number of hydrogen-bond donors (Lipinski definition) is 0. The van der Waals surface area contributed by atoms with E-state index in [2.05, 4.69) is 11.9 Å². The molecule has 0 saturated carbocycles. The Morgan fingerprint density at radius 3 is 2.69 bits per heavy atom. The molecule has 84 valence electrons. The first-order valence-corrected chi connectivity index (χ1v) is 5.90. The average molecular weight is 215 g/mol. The van der Waals surface area contributed by atoms with Gasteiger partial charge in [-0.05, 0) is 6.42 Å². The van der Waals surface area contributed by atoms with Crippen molar-refractivity contribution in [1.82, 2.24) is 4.98 Å². The van der Waals surface area contributed by atoms with Gasteiger partial charge in [-0.15, -0.1) is 0 Å². The topological polar surface area (TPSA) is 26.0 Å². The summed E-state index contributed by atoms with van der Waals surface area (Å²) in [5.74, 6) is 1.72.